The third kappa shape index (κ3) is 2.63. The summed E-state index contributed by atoms with van der Waals surface area (Å²) < 4.78 is 6.20. The Morgan fingerprint density at radius 1 is 1.33 bits per heavy atom. The van der Waals surface area contributed by atoms with E-state index in [1.807, 2.05) is 6.08 Å². The Kier molecular flexibility index (Phi) is 3.60. The number of fused-ring (bicyclic) bond motifs is 1. The standard InChI is InChI=1S/C15H26O3/c1-14(2,3)18-13-7-5-6-10-8-11(16)12(17)9-15(10,13)4/h8,11-13,16-17H,5-7,9H2,1-4H3/t11-,12+,13+,15+/m1/s1. The van der Waals surface area contributed by atoms with E-state index < -0.39 is 12.2 Å². The van der Waals surface area contributed by atoms with Gasteiger partial charge < -0.3 is 14.9 Å². The van der Waals surface area contributed by atoms with Gasteiger partial charge in [-0.05, 0) is 46.5 Å². The van der Waals surface area contributed by atoms with Crippen molar-refractivity contribution >= 4 is 0 Å². The lowest BCUT2D eigenvalue weighted by molar-refractivity contribution is -0.132. The van der Waals surface area contributed by atoms with E-state index in [4.69, 9.17) is 4.74 Å². The first-order valence-electron chi connectivity index (χ1n) is 6.97. The highest BCUT2D eigenvalue weighted by molar-refractivity contribution is 5.25. The molecule has 0 saturated heterocycles. The third-order valence-corrected chi connectivity index (χ3v) is 4.25. The van der Waals surface area contributed by atoms with Crippen molar-refractivity contribution < 1.29 is 14.9 Å². The molecule has 3 nitrogen and oxygen atoms in total. The molecule has 0 aromatic carbocycles. The molecule has 0 heterocycles. The molecule has 3 heteroatoms. The zero-order valence-electron chi connectivity index (χ0n) is 11.9. The zero-order valence-corrected chi connectivity index (χ0v) is 11.9. The van der Waals surface area contributed by atoms with E-state index in [1.165, 1.54) is 5.57 Å². The molecule has 0 aromatic rings. The van der Waals surface area contributed by atoms with Crippen molar-refractivity contribution in [2.75, 3.05) is 0 Å². The van der Waals surface area contributed by atoms with Crippen LogP contribution in [0.5, 0.6) is 0 Å². The summed E-state index contributed by atoms with van der Waals surface area (Å²) in [7, 11) is 0. The molecule has 2 aliphatic rings. The van der Waals surface area contributed by atoms with Crippen LogP contribution in [-0.2, 0) is 4.74 Å². The first-order chi connectivity index (χ1) is 8.22. The SMILES string of the molecule is CC(C)(C)O[C@H]1CCCC2=C[C@@H](O)[C@@H](O)C[C@@]21C. The van der Waals surface area contributed by atoms with Crippen molar-refractivity contribution in [1.82, 2.24) is 0 Å². The van der Waals surface area contributed by atoms with Gasteiger partial charge in [0, 0.05) is 5.41 Å². The number of hydrogen-bond donors (Lipinski definition) is 2. The van der Waals surface area contributed by atoms with Gasteiger partial charge in [-0.25, -0.2) is 0 Å². The highest BCUT2D eigenvalue weighted by Crippen LogP contribution is 2.49. The molecular weight excluding hydrogens is 228 g/mol. The molecule has 1 fully saturated rings. The summed E-state index contributed by atoms with van der Waals surface area (Å²) in [5.41, 5.74) is 0.974. The quantitative estimate of drug-likeness (QED) is 0.707. The Balaban J connectivity index is 2.26. The van der Waals surface area contributed by atoms with Gasteiger partial charge in [-0.15, -0.1) is 0 Å². The summed E-state index contributed by atoms with van der Waals surface area (Å²) in [5, 5.41) is 19.7. The number of aliphatic hydroxyl groups excluding tert-OH is 2. The predicted molar refractivity (Wildman–Crippen MR) is 71.3 cm³/mol. The summed E-state index contributed by atoms with van der Waals surface area (Å²) in [4.78, 5) is 0. The summed E-state index contributed by atoms with van der Waals surface area (Å²) in [6.07, 6.45) is 4.38. The van der Waals surface area contributed by atoms with E-state index in [9.17, 15) is 10.2 Å². The van der Waals surface area contributed by atoms with E-state index in [0.717, 1.165) is 19.3 Å². The van der Waals surface area contributed by atoms with Crippen LogP contribution in [0.15, 0.2) is 11.6 Å². The van der Waals surface area contributed by atoms with Gasteiger partial charge in [0.1, 0.15) is 0 Å². The molecule has 0 amide bonds. The minimum Gasteiger partial charge on any atom is -0.390 e. The highest BCUT2D eigenvalue weighted by Gasteiger charge is 2.47. The molecule has 0 aromatic heterocycles. The van der Waals surface area contributed by atoms with Crippen LogP contribution in [0.2, 0.25) is 0 Å². The lowest BCUT2D eigenvalue weighted by atomic mass is 9.63. The van der Waals surface area contributed by atoms with Crippen molar-refractivity contribution in [3.8, 4) is 0 Å². The number of rotatable bonds is 1. The maximum Gasteiger partial charge on any atom is 0.0983 e. The van der Waals surface area contributed by atoms with Crippen LogP contribution < -0.4 is 0 Å². The van der Waals surface area contributed by atoms with Crippen LogP contribution in [-0.4, -0.2) is 34.1 Å². The molecule has 0 aliphatic heterocycles. The molecule has 0 bridgehead atoms. The average molecular weight is 254 g/mol. The minimum absolute atomic E-state index is 0.121. The first kappa shape index (κ1) is 14.0. The van der Waals surface area contributed by atoms with Crippen LogP contribution >= 0.6 is 0 Å². The fourth-order valence-electron chi connectivity index (χ4n) is 3.31. The van der Waals surface area contributed by atoms with E-state index >= 15 is 0 Å². The Bertz CT molecular complexity index is 342. The Morgan fingerprint density at radius 3 is 2.61 bits per heavy atom. The first-order valence-corrected chi connectivity index (χ1v) is 6.97. The lowest BCUT2D eigenvalue weighted by Gasteiger charge is -2.49. The lowest BCUT2D eigenvalue weighted by Crippen LogP contribution is -2.49. The second-order valence-electron chi connectivity index (χ2n) is 6.98. The molecule has 18 heavy (non-hydrogen) atoms. The molecule has 2 N–H and O–H groups in total. The number of ether oxygens (including phenoxy) is 1. The van der Waals surface area contributed by atoms with Gasteiger partial charge in [0.25, 0.3) is 0 Å². The van der Waals surface area contributed by atoms with Crippen molar-refractivity contribution in [2.24, 2.45) is 5.41 Å². The van der Waals surface area contributed by atoms with Gasteiger partial charge in [-0.2, -0.15) is 0 Å². The van der Waals surface area contributed by atoms with E-state index in [-0.39, 0.29) is 17.1 Å². The van der Waals surface area contributed by atoms with Crippen LogP contribution in [0.1, 0.15) is 53.4 Å². The summed E-state index contributed by atoms with van der Waals surface area (Å²) in [5.74, 6) is 0. The van der Waals surface area contributed by atoms with Crippen molar-refractivity contribution in [1.29, 1.82) is 0 Å². The number of hydrogen-bond acceptors (Lipinski definition) is 3. The highest BCUT2D eigenvalue weighted by atomic mass is 16.5. The minimum atomic E-state index is -0.707. The molecule has 4 atom stereocenters. The van der Waals surface area contributed by atoms with Gasteiger partial charge in [-0.3, -0.25) is 0 Å². The molecule has 2 rings (SSSR count). The molecule has 0 spiro atoms. The fraction of sp³-hybridized carbons (Fsp3) is 0.867. The van der Waals surface area contributed by atoms with E-state index in [2.05, 4.69) is 27.7 Å². The Labute approximate surface area is 110 Å². The van der Waals surface area contributed by atoms with Crippen LogP contribution in [0.25, 0.3) is 0 Å². The van der Waals surface area contributed by atoms with Gasteiger partial charge in [-0.1, -0.05) is 18.6 Å². The maximum absolute atomic E-state index is 9.95. The smallest absolute Gasteiger partial charge is 0.0983 e. The van der Waals surface area contributed by atoms with Gasteiger partial charge in [0.15, 0.2) is 0 Å². The van der Waals surface area contributed by atoms with Crippen LogP contribution in [0, 0.1) is 5.41 Å². The molecule has 0 unspecified atom stereocenters. The second-order valence-corrected chi connectivity index (χ2v) is 6.98. The summed E-state index contributed by atoms with van der Waals surface area (Å²) >= 11 is 0. The van der Waals surface area contributed by atoms with Gasteiger partial charge >= 0.3 is 0 Å². The molecular formula is C15H26O3. The van der Waals surface area contributed by atoms with Crippen molar-refractivity contribution in [2.45, 2.75) is 77.3 Å². The normalized spacial score (nSPS) is 41.2. The van der Waals surface area contributed by atoms with Gasteiger partial charge in [0.2, 0.25) is 0 Å². The third-order valence-electron chi connectivity index (χ3n) is 4.25. The molecule has 2 aliphatic carbocycles. The maximum atomic E-state index is 9.95. The Morgan fingerprint density at radius 2 is 2.00 bits per heavy atom. The monoisotopic (exact) mass is 254 g/mol. The van der Waals surface area contributed by atoms with Crippen molar-refractivity contribution in [3.05, 3.63) is 11.6 Å². The molecule has 1 saturated carbocycles. The fourth-order valence-corrected chi connectivity index (χ4v) is 3.31. The number of aliphatic hydroxyl groups is 2. The zero-order chi connectivity index (χ0) is 13.6. The van der Waals surface area contributed by atoms with Gasteiger partial charge in [0.05, 0.1) is 23.9 Å². The molecule has 104 valence electrons. The summed E-state index contributed by atoms with van der Waals surface area (Å²) in [6, 6.07) is 0. The predicted octanol–water partition coefficient (Wildman–Crippen LogP) is 2.41. The topological polar surface area (TPSA) is 49.7 Å². The largest absolute Gasteiger partial charge is 0.390 e. The van der Waals surface area contributed by atoms with E-state index in [0.29, 0.717) is 6.42 Å². The van der Waals surface area contributed by atoms with E-state index in [1.54, 1.807) is 0 Å². The second kappa shape index (κ2) is 4.62. The Hall–Kier alpha value is -0.380. The molecule has 0 radical (unpaired) electrons. The average Bonchev–Trinajstić information content (AvgIpc) is 2.21. The van der Waals surface area contributed by atoms with Crippen LogP contribution in [0.3, 0.4) is 0 Å². The summed E-state index contributed by atoms with van der Waals surface area (Å²) in [6.45, 7) is 8.39. The van der Waals surface area contributed by atoms with Crippen molar-refractivity contribution in [3.63, 3.8) is 0 Å². The van der Waals surface area contributed by atoms with Crippen LogP contribution in [0.4, 0.5) is 0 Å².